The van der Waals surface area contributed by atoms with Crippen molar-refractivity contribution >= 4 is 19.0 Å². The van der Waals surface area contributed by atoms with Crippen LogP contribution in [-0.2, 0) is 4.57 Å². The molecule has 0 aliphatic carbocycles. The highest BCUT2D eigenvalue weighted by Gasteiger charge is 2.12. The number of nitrogens with one attached hydrogen (secondary N) is 1. The lowest BCUT2D eigenvalue weighted by atomic mass is 10.3. The Balaban J connectivity index is 2.65. The van der Waals surface area contributed by atoms with Crippen molar-refractivity contribution in [2.45, 2.75) is 0 Å². The molecular weight excluding hydrogens is 193 g/mol. The van der Waals surface area contributed by atoms with E-state index in [1.807, 2.05) is 0 Å². The molecule has 7 heteroatoms. The van der Waals surface area contributed by atoms with Crippen molar-refractivity contribution in [3.8, 4) is 0 Å². The summed E-state index contributed by atoms with van der Waals surface area (Å²) in [6.45, 7) is 0. The lowest BCUT2D eigenvalue weighted by molar-refractivity contribution is 0.375. The van der Waals surface area contributed by atoms with Crippen LogP contribution < -0.4 is 11.1 Å². The Hall–Kier alpha value is -1.10. The average Bonchev–Trinajstić information content (AvgIpc) is 2.01. The van der Waals surface area contributed by atoms with Gasteiger partial charge in [0.2, 0.25) is 0 Å². The monoisotopic (exact) mass is 203 g/mol. The van der Waals surface area contributed by atoms with Gasteiger partial charge in [-0.05, 0) is 6.07 Å². The highest BCUT2D eigenvalue weighted by molar-refractivity contribution is 7.51. The third-order valence-corrected chi connectivity index (χ3v) is 1.90. The number of nitrogens with zero attached hydrogens (tertiary/aromatic N) is 1. The molecule has 5 N–H and O–H groups in total. The minimum absolute atomic E-state index is 0.406. The van der Waals surface area contributed by atoms with Crippen LogP contribution in [-0.4, -0.2) is 21.1 Å². The van der Waals surface area contributed by atoms with Gasteiger partial charge in [-0.15, -0.1) is 0 Å². The van der Waals surface area contributed by atoms with E-state index in [-0.39, 0.29) is 0 Å². The zero-order chi connectivity index (χ0) is 9.90. The number of pyridine rings is 1. The fourth-order valence-corrected chi connectivity index (χ4v) is 1.12. The molecule has 1 aromatic rings. The SMILES string of the molecule is Nc1ccncc1NCP(=O)(O)O. The van der Waals surface area contributed by atoms with Gasteiger partial charge in [0.1, 0.15) is 6.29 Å². The quantitative estimate of drug-likeness (QED) is 0.523. The van der Waals surface area contributed by atoms with Crippen LogP contribution in [0.15, 0.2) is 18.5 Å². The average molecular weight is 203 g/mol. The molecule has 0 spiro atoms. The molecule has 13 heavy (non-hydrogen) atoms. The molecule has 6 nitrogen and oxygen atoms in total. The zero-order valence-corrected chi connectivity index (χ0v) is 7.61. The summed E-state index contributed by atoms with van der Waals surface area (Å²) in [5.41, 5.74) is 6.32. The van der Waals surface area contributed by atoms with Gasteiger partial charge in [-0.3, -0.25) is 9.55 Å². The molecule has 0 saturated heterocycles. The number of rotatable bonds is 3. The van der Waals surface area contributed by atoms with E-state index >= 15 is 0 Å². The maximum absolute atomic E-state index is 10.5. The second-order valence-electron chi connectivity index (χ2n) is 2.46. The van der Waals surface area contributed by atoms with Gasteiger partial charge < -0.3 is 20.8 Å². The third kappa shape index (κ3) is 3.42. The first-order valence-electron chi connectivity index (χ1n) is 3.47. The molecule has 0 aromatic carbocycles. The number of hydrogen-bond acceptors (Lipinski definition) is 4. The Morgan fingerprint density at radius 3 is 2.85 bits per heavy atom. The van der Waals surface area contributed by atoms with Crippen LogP contribution in [0.25, 0.3) is 0 Å². The lowest BCUT2D eigenvalue weighted by Crippen LogP contribution is -2.04. The molecule has 0 fully saturated rings. The number of nitrogens with two attached hydrogens (primary N) is 1. The minimum atomic E-state index is -4.05. The number of nitrogen functional groups attached to an aromatic ring is 1. The van der Waals surface area contributed by atoms with Crippen molar-refractivity contribution < 1.29 is 14.4 Å². The van der Waals surface area contributed by atoms with Gasteiger partial charge in [-0.25, -0.2) is 0 Å². The van der Waals surface area contributed by atoms with Crippen LogP contribution in [0.5, 0.6) is 0 Å². The minimum Gasteiger partial charge on any atom is -0.397 e. The number of anilines is 2. The first-order valence-corrected chi connectivity index (χ1v) is 5.27. The Morgan fingerprint density at radius 2 is 2.31 bits per heavy atom. The van der Waals surface area contributed by atoms with Gasteiger partial charge in [0.25, 0.3) is 0 Å². The maximum atomic E-state index is 10.5. The molecular formula is C6H10N3O3P. The largest absolute Gasteiger partial charge is 0.397 e. The topological polar surface area (TPSA) is 108 Å². The van der Waals surface area contributed by atoms with E-state index in [4.69, 9.17) is 15.5 Å². The summed E-state index contributed by atoms with van der Waals surface area (Å²) in [7, 11) is -4.05. The Morgan fingerprint density at radius 1 is 1.62 bits per heavy atom. The van der Waals surface area contributed by atoms with Crippen LogP contribution in [0.4, 0.5) is 11.4 Å². The summed E-state index contributed by atoms with van der Waals surface area (Å²) in [6, 6.07) is 1.54. The molecule has 1 aromatic heterocycles. The summed E-state index contributed by atoms with van der Waals surface area (Å²) in [5.74, 6) is 0. The fraction of sp³-hybridized carbons (Fsp3) is 0.167. The van der Waals surface area contributed by atoms with Crippen LogP contribution in [0.3, 0.4) is 0 Å². The predicted octanol–water partition coefficient (Wildman–Crippen LogP) is 0.211. The van der Waals surface area contributed by atoms with Gasteiger partial charge in [-0.1, -0.05) is 0 Å². The Kier molecular flexibility index (Phi) is 2.87. The second-order valence-corrected chi connectivity index (χ2v) is 4.11. The van der Waals surface area contributed by atoms with Crippen molar-refractivity contribution in [2.75, 3.05) is 17.3 Å². The first kappa shape index (κ1) is 9.98. The van der Waals surface area contributed by atoms with E-state index in [0.29, 0.717) is 11.4 Å². The predicted molar refractivity (Wildman–Crippen MR) is 49.2 cm³/mol. The smallest absolute Gasteiger partial charge is 0.344 e. The van der Waals surface area contributed by atoms with Gasteiger partial charge >= 0.3 is 7.60 Å². The molecule has 0 aliphatic rings. The van der Waals surface area contributed by atoms with Gasteiger partial charge in [0.15, 0.2) is 0 Å². The highest BCUT2D eigenvalue weighted by atomic mass is 31.2. The zero-order valence-electron chi connectivity index (χ0n) is 6.71. The van der Waals surface area contributed by atoms with E-state index in [0.717, 1.165) is 0 Å². The molecule has 72 valence electrons. The van der Waals surface area contributed by atoms with Crippen molar-refractivity contribution in [1.82, 2.24) is 4.98 Å². The molecule has 0 amide bonds. The van der Waals surface area contributed by atoms with Gasteiger partial charge in [-0.2, -0.15) is 0 Å². The van der Waals surface area contributed by atoms with Crippen molar-refractivity contribution in [2.24, 2.45) is 0 Å². The summed E-state index contributed by atoms with van der Waals surface area (Å²) in [4.78, 5) is 20.9. The molecule has 0 radical (unpaired) electrons. The van der Waals surface area contributed by atoms with E-state index in [1.165, 1.54) is 12.4 Å². The number of hydrogen-bond donors (Lipinski definition) is 4. The van der Waals surface area contributed by atoms with Gasteiger partial charge in [0.05, 0.1) is 17.6 Å². The van der Waals surface area contributed by atoms with Crippen LogP contribution in [0.1, 0.15) is 0 Å². The fourth-order valence-electron chi connectivity index (χ4n) is 0.741. The molecule has 0 aliphatic heterocycles. The normalized spacial score (nSPS) is 11.2. The van der Waals surface area contributed by atoms with Crippen molar-refractivity contribution in [1.29, 1.82) is 0 Å². The Bertz CT molecular complexity index is 338. The summed E-state index contributed by atoms with van der Waals surface area (Å²) >= 11 is 0. The summed E-state index contributed by atoms with van der Waals surface area (Å²) < 4.78 is 10.5. The molecule has 0 atom stereocenters. The second kappa shape index (κ2) is 3.74. The molecule has 0 bridgehead atoms. The first-order chi connectivity index (χ1) is 5.99. The van der Waals surface area contributed by atoms with E-state index in [1.54, 1.807) is 6.07 Å². The van der Waals surface area contributed by atoms with E-state index in [9.17, 15) is 4.57 Å². The molecule has 1 heterocycles. The summed E-state index contributed by atoms with van der Waals surface area (Å²) in [6.07, 6.45) is 2.46. The maximum Gasteiger partial charge on any atom is 0.344 e. The molecule has 0 saturated carbocycles. The molecule has 1 rings (SSSR count). The number of aromatic nitrogens is 1. The van der Waals surface area contributed by atoms with Crippen molar-refractivity contribution in [3.05, 3.63) is 18.5 Å². The van der Waals surface area contributed by atoms with E-state index < -0.39 is 13.9 Å². The Labute approximate surface area is 75.0 Å². The van der Waals surface area contributed by atoms with Crippen LogP contribution in [0, 0.1) is 0 Å². The summed E-state index contributed by atoms with van der Waals surface area (Å²) in [5, 5.41) is 2.50. The lowest BCUT2D eigenvalue weighted by Gasteiger charge is -2.08. The molecule has 0 unspecified atom stereocenters. The van der Waals surface area contributed by atoms with Crippen LogP contribution in [0.2, 0.25) is 0 Å². The standard InChI is InChI=1S/C6H10N3O3P/c7-5-1-2-8-3-6(5)9-4-13(10,11)12/h1-3,9H,4H2,(H2,7,8)(H2,10,11,12). The highest BCUT2D eigenvalue weighted by Crippen LogP contribution is 2.34. The van der Waals surface area contributed by atoms with Crippen molar-refractivity contribution in [3.63, 3.8) is 0 Å². The van der Waals surface area contributed by atoms with Crippen LogP contribution >= 0.6 is 7.60 Å². The third-order valence-electron chi connectivity index (χ3n) is 1.33. The van der Waals surface area contributed by atoms with E-state index in [2.05, 4.69) is 10.3 Å². The van der Waals surface area contributed by atoms with Gasteiger partial charge in [0, 0.05) is 6.20 Å².